The molecule has 13 heteroatoms. The molecule has 6 aliphatic rings. The van der Waals surface area contributed by atoms with Gasteiger partial charge in [-0.1, -0.05) is 69.4 Å². The van der Waals surface area contributed by atoms with Crippen LogP contribution in [0.25, 0.3) is 0 Å². The van der Waals surface area contributed by atoms with E-state index in [4.69, 9.17) is 28.4 Å². The third-order valence-electron chi connectivity index (χ3n) is 16.3. The van der Waals surface area contributed by atoms with Gasteiger partial charge in [-0.15, -0.1) is 0 Å². The molecule has 0 aromatic heterocycles. The van der Waals surface area contributed by atoms with E-state index >= 15 is 0 Å². The number of allylic oxidation sites excluding steroid dienone is 4. The molecule has 62 heavy (non-hydrogen) atoms. The maximum absolute atomic E-state index is 14.5. The number of benzene rings is 1. The summed E-state index contributed by atoms with van der Waals surface area (Å²) in [7, 11) is 8.31. The lowest BCUT2D eigenvalue weighted by Gasteiger charge is -2.70. The Morgan fingerprint density at radius 3 is 2.29 bits per heavy atom. The van der Waals surface area contributed by atoms with E-state index in [9.17, 15) is 30.0 Å². The highest BCUT2D eigenvalue weighted by atomic mass is 16.6. The number of unbranched alkanes of at least 4 members (excludes halogenated alkanes) is 7. The number of fused-ring (bicyclic) bond motifs is 2. The van der Waals surface area contributed by atoms with Crippen LogP contribution in [0.15, 0.2) is 54.3 Å². The molecule has 346 valence electrons. The molecule has 1 aromatic carbocycles. The lowest BCUT2D eigenvalue weighted by molar-refractivity contribution is -0.321. The minimum atomic E-state index is -1.87. The van der Waals surface area contributed by atoms with Gasteiger partial charge in [0.15, 0.2) is 5.60 Å². The van der Waals surface area contributed by atoms with Crippen LogP contribution in [0.4, 0.5) is 0 Å². The Labute approximate surface area is 368 Å². The number of aliphatic hydroxyl groups is 4. The number of carbonyl (C=O) groups is 2. The van der Waals surface area contributed by atoms with Gasteiger partial charge in [0.2, 0.25) is 0 Å². The smallest absolute Gasteiger partial charge is 0.338 e. The van der Waals surface area contributed by atoms with Gasteiger partial charge in [0.1, 0.15) is 23.9 Å². The Hall–Kier alpha value is -2.88. The number of ether oxygens (including phenoxy) is 6. The number of hydrogen-bond donors (Lipinski definition) is 4. The minimum absolute atomic E-state index is 0.0583. The number of likely N-dealkylation sites (tertiary alicyclic amines) is 1. The standard InChI is InChI=1S/C49H73NO12/c1-7-8-9-10-11-13-19-24-32(51)25-20-14-12-15-21-26-36(53)62-49-37-33(28-47(56,44(60-6)42(49)54)43(37)61-45(55)31-22-17-16-18-23-31)48-35(58-4)27-34(52)46(30-57-3)29-50(2)41(48)38(49)39(59-5)40(46)48/h11,13,16-18,22-24,33-35,37-44,51-52,54,56H,7-10,12,14-15,19-21,25-30H2,1-6H3/b13-11-,32-24+/t33-,34-,35+,37-,38+,39+,40-,41?,42+,43-,44+,46+,47-,48+,49-/m1/s1. The Bertz CT molecular complexity index is 1760. The Balaban J connectivity index is 1.18. The van der Waals surface area contributed by atoms with Crippen molar-refractivity contribution in [3.8, 4) is 0 Å². The summed E-state index contributed by atoms with van der Waals surface area (Å²) in [6.07, 6.45) is 10.5. The van der Waals surface area contributed by atoms with Crippen LogP contribution in [0.5, 0.6) is 0 Å². The lowest BCUT2D eigenvalue weighted by atomic mass is 9.42. The summed E-state index contributed by atoms with van der Waals surface area (Å²) >= 11 is 0. The van der Waals surface area contributed by atoms with Gasteiger partial charge in [-0.25, -0.2) is 4.79 Å². The first-order valence-corrected chi connectivity index (χ1v) is 23.3. The minimum Gasteiger partial charge on any atom is -0.513 e. The van der Waals surface area contributed by atoms with Gasteiger partial charge in [-0.3, -0.25) is 4.79 Å². The molecule has 5 saturated carbocycles. The van der Waals surface area contributed by atoms with Crippen LogP contribution in [0.1, 0.15) is 107 Å². The summed E-state index contributed by atoms with van der Waals surface area (Å²) in [4.78, 5) is 30.8. The molecule has 6 fully saturated rings. The molecule has 5 aliphatic carbocycles. The molecule has 1 aliphatic heterocycles. The van der Waals surface area contributed by atoms with Crippen molar-refractivity contribution in [1.82, 2.24) is 4.90 Å². The molecular weight excluding hydrogens is 795 g/mol. The first-order chi connectivity index (χ1) is 29.9. The molecular formula is C49H73NO12. The number of nitrogens with zero attached hydrogens (tertiary/aromatic N) is 1. The van der Waals surface area contributed by atoms with Crippen LogP contribution >= 0.6 is 0 Å². The fourth-order valence-electron chi connectivity index (χ4n) is 14.3. The van der Waals surface area contributed by atoms with Crippen LogP contribution in [0.2, 0.25) is 0 Å². The number of esters is 2. The average molecular weight is 868 g/mol. The number of carbonyl (C=O) groups excluding carboxylic acids is 2. The quantitative estimate of drug-likeness (QED) is 0.0468. The zero-order valence-corrected chi connectivity index (χ0v) is 37.8. The number of piperidine rings is 1. The summed E-state index contributed by atoms with van der Waals surface area (Å²) in [5.74, 6) is -3.28. The van der Waals surface area contributed by atoms with Gasteiger partial charge in [0, 0.05) is 88.9 Å². The molecule has 1 unspecified atom stereocenters. The van der Waals surface area contributed by atoms with Crippen molar-refractivity contribution in [2.45, 2.75) is 151 Å². The maximum atomic E-state index is 14.5. The predicted molar refractivity (Wildman–Crippen MR) is 231 cm³/mol. The van der Waals surface area contributed by atoms with Crippen LogP contribution in [-0.4, -0.2) is 140 Å². The number of methoxy groups -OCH3 is 4. The van der Waals surface area contributed by atoms with E-state index in [1.807, 2.05) is 13.1 Å². The van der Waals surface area contributed by atoms with Crippen LogP contribution in [-0.2, 0) is 33.2 Å². The third kappa shape index (κ3) is 7.48. The van der Waals surface area contributed by atoms with Crippen LogP contribution in [0.3, 0.4) is 0 Å². The van der Waals surface area contributed by atoms with Gasteiger partial charge in [0.05, 0.1) is 36.2 Å². The van der Waals surface area contributed by atoms with Crippen LogP contribution < -0.4 is 0 Å². The second kappa shape index (κ2) is 19.3. The second-order valence-corrected chi connectivity index (χ2v) is 19.3. The van der Waals surface area contributed by atoms with E-state index in [2.05, 4.69) is 24.0 Å². The highest BCUT2D eigenvalue weighted by Gasteiger charge is 2.92. The highest BCUT2D eigenvalue weighted by Crippen LogP contribution is 2.80. The summed E-state index contributed by atoms with van der Waals surface area (Å²) in [6.45, 7) is 2.87. The largest absolute Gasteiger partial charge is 0.513 e. The van der Waals surface area contributed by atoms with Gasteiger partial charge in [0.25, 0.3) is 0 Å². The molecule has 1 spiro atoms. The molecule has 1 heterocycles. The molecule has 7 bridgehead atoms. The van der Waals surface area contributed by atoms with Crippen molar-refractivity contribution in [3.05, 3.63) is 59.9 Å². The molecule has 0 amide bonds. The molecule has 1 saturated heterocycles. The molecule has 15 atom stereocenters. The van der Waals surface area contributed by atoms with Crippen molar-refractivity contribution in [2.24, 2.45) is 34.5 Å². The topological polar surface area (TPSA) is 174 Å². The second-order valence-electron chi connectivity index (χ2n) is 19.3. The SMILES string of the molecule is CCCCC/C=C\C/C=C(/O)CCCCCCCC(=O)O[C@]12[C@H]3[C@@H](OC(=O)c4ccccc4)[C@](O)(C[C@H]3[C@@]34C5[C@@H]1[C@H](OC)[C@@H]3[C@](COC)(CN5C)[C@H](O)C[C@@H]4OC)[C@@H](OC)[C@@H]2O. The number of rotatable bonds is 22. The third-order valence-corrected chi connectivity index (χ3v) is 16.3. The van der Waals surface area contributed by atoms with Gasteiger partial charge >= 0.3 is 11.9 Å². The van der Waals surface area contributed by atoms with Crippen molar-refractivity contribution >= 4 is 11.9 Å². The fraction of sp³-hybridized carbons (Fsp3) is 0.755. The molecule has 1 aromatic rings. The zero-order chi connectivity index (χ0) is 44.5. The summed E-state index contributed by atoms with van der Waals surface area (Å²) in [5.41, 5.74) is -4.97. The number of aliphatic hydroxyl groups excluding tert-OH is 3. The summed E-state index contributed by atoms with van der Waals surface area (Å²) < 4.78 is 38.4. The number of hydrogen-bond acceptors (Lipinski definition) is 13. The molecule has 13 nitrogen and oxygen atoms in total. The highest BCUT2D eigenvalue weighted by molar-refractivity contribution is 5.89. The predicted octanol–water partition coefficient (Wildman–Crippen LogP) is 5.94. The molecule has 0 radical (unpaired) electrons. The fourth-order valence-corrected chi connectivity index (χ4v) is 14.3. The van der Waals surface area contributed by atoms with Crippen molar-refractivity contribution in [3.63, 3.8) is 0 Å². The van der Waals surface area contributed by atoms with Gasteiger partial charge in [-0.2, -0.15) is 0 Å². The van der Waals surface area contributed by atoms with E-state index < -0.39 is 94.3 Å². The van der Waals surface area contributed by atoms with E-state index in [1.165, 1.54) is 26.4 Å². The van der Waals surface area contributed by atoms with Crippen molar-refractivity contribution in [1.29, 1.82) is 0 Å². The first-order valence-electron chi connectivity index (χ1n) is 23.3. The summed E-state index contributed by atoms with van der Waals surface area (Å²) in [6, 6.07) is 8.19. The van der Waals surface area contributed by atoms with E-state index in [0.717, 1.165) is 38.5 Å². The van der Waals surface area contributed by atoms with E-state index in [1.54, 1.807) is 51.7 Å². The van der Waals surface area contributed by atoms with Crippen LogP contribution in [0, 0.1) is 34.5 Å². The Morgan fingerprint density at radius 2 is 1.61 bits per heavy atom. The Morgan fingerprint density at radius 1 is 0.887 bits per heavy atom. The van der Waals surface area contributed by atoms with E-state index in [-0.39, 0.29) is 25.5 Å². The van der Waals surface area contributed by atoms with Gasteiger partial charge < -0.3 is 53.7 Å². The average Bonchev–Trinajstić information content (AvgIpc) is 3.65. The van der Waals surface area contributed by atoms with E-state index in [0.29, 0.717) is 37.1 Å². The summed E-state index contributed by atoms with van der Waals surface area (Å²) in [5, 5.41) is 48.5. The van der Waals surface area contributed by atoms with Crippen molar-refractivity contribution in [2.75, 3.05) is 48.6 Å². The monoisotopic (exact) mass is 868 g/mol. The maximum Gasteiger partial charge on any atom is 0.338 e. The zero-order valence-electron chi connectivity index (χ0n) is 37.8. The Kier molecular flexibility index (Phi) is 14.7. The first kappa shape index (κ1) is 47.1. The lowest BCUT2D eigenvalue weighted by Crippen LogP contribution is -2.81. The van der Waals surface area contributed by atoms with Gasteiger partial charge in [-0.05, 0) is 69.7 Å². The van der Waals surface area contributed by atoms with Crippen molar-refractivity contribution < 1.29 is 58.4 Å². The normalized spacial score (nSPS) is 40.5. The molecule has 7 rings (SSSR count). The molecule has 4 N–H and O–H groups in total.